The molecule has 2 rings (SSSR count). The van der Waals surface area contributed by atoms with E-state index in [1.165, 1.54) is 16.7 Å². The van der Waals surface area contributed by atoms with Gasteiger partial charge in [-0.1, -0.05) is 47.0 Å². The number of aryl methyl sites for hydroxylation is 2. The first kappa shape index (κ1) is 14.0. The highest BCUT2D eigenvalue weighted by atomic mass is 35.5. The molecular formula is C13H15Cl2NOS. The first-order valence-electron chi connectivity index (χ1n) is 5.78. The molecule has 0 aliphatic carbocycles. The molecule has 18 heavy (non-hydrogen) atoms. The highest BCUT2D eigenvalue weighted by molar-refractivity contribution is 7.99. The number of amides is 1. The molecule has 1 aromatic carbocycles. The van der Waals surface area contributed by atoms with Gasteiger partial charge in [0.25, 0.3) is 5.91 Å². The average Bonchev–Trinajstić information content (AvgIpc) is 2.76. The lowest BCUT2D eigenvalue weighted by Crippen LogP contribution is -2.34. The summed E-state index contributed by atoms with van der Waals surface area (Å²) in [6, 6.07) is 6.30. The Hall–Kier alpha value is -0.380. The van der Waals surface area contributed by atoms with Crippen LogP contribution in [-0.2, 0) is 4.79 Å². The maximum absolute atomic E-state index is 12.0. The summed E-state index contributed by atoms with van der Waals surface area (Å²) in [5, 5.41) is 0.0399. The number of carbonyl (C=O) groups excluding carboxylic acids is 1. The van der Waals surface area contributed by atoms with Crippen molar-refractivity contribution in [3.63, 3.8) is 0 Å². The summed E-state index contributed by atoms with van der Waals surface area (Å²) in [5.74, 6) is 0.720. The minimum Gasteiger partial charge on any atom is -0.323 e. The van der Waals surface area contributed by atoms with Crippen LogP contribution < -0.4 is 0 Å². The van der Waals surface area contributed by atoms with Gasteiger partial charge in [0.2, 0.25) is 0 Å². The van der Waals surface area contributed by atoms with Crippen LogP contribution >= 0.6 is 35.0 Å². The van der Waals surface area contributed by atoms with Crippen LogP contribution in [0.1, 0.15) is 22.1 Å². The Morgan fingerprint density at radius 1 is 1.44 bits per heavy atom. The van der Waals surface area contributed by atoms with Crippen molar-refractivity contribution in [2.24, 2.45) is 0 Å². The molecule has 1 atom stereocenters. The lowest BCUT2D eigenvalue weighted by molar-refractivity contribution is -0.129. The van der Waals surface area contributed by atoms with Gasteiger partial charge >= 0.3 is 0 Å². The highest BCUT2D eigenvalue weighted by Crippen LogP contribution is 2.40. The van der Waals surface area contributed by atoms with E-state index in [1.807, 2.05) is 0 Å². The van der Waals surface area contributed by atoms with Gasteiger partial charge in [0.05, 0.1) is 0 Å². The van der Waals surface area contributed by atoms with Gasteiger partial charge < -0.3 is 4.90 Å². The number of thioether (sulfide) groups is 1. The molecule has 1 amide bonds. The molecule has 0 spiro atoms. The van der Waals surface area contributed by atoms with Crippen molar-refractivity contribution in [2.75, 3.05) is 12.3 Å². The van der Waals surface area contributed by atoms with Gasteiger partial charge in [-0.05, 0) is 25.0 Å². The normalized spacial score (nSPS) is 19.6. The molecule has 0 bridgehead atoms. The largest absolute Gasteiger partial charge is 0.323 e. The molecular weight excluding hydrogens is 289 g/mol. The van der Waals surface area contributed by atoms with Gasteiger partial charge in [0.1, 0.15) is 5.37 Å². The third kappa shape index (κ3) is 2.79. The molecule has 5 heteroatoms. The predicted octanol–water partition coefficient (Wildman–Crippen LogP) is 3.68. The number of rotatable bonds is 2. The van der Waals surface area contributed by atoms with Crippen molar-refractivity contribution < 1.29 is 4.79 Å². The topological polar surface area (TPSA) is 20.3 Å². The fourth-order valence-electron chi connectivity index (χ4n) is 2.18. The molecule has 1 aliphatic rings. The molecule has 1 unspecified atom stereocenters. The predicted molar refractivity (Wildman–Crippen MR) is 78.3 cm³/mol. The van der Waals surface area contributed by atoms with E-state index in [9.17, 15) is 4.79 Å². The van der Waals surface area contributed by atoms with E-state index in [0.717, 1.165) is 5.75 Å². The summed E-state index contributed by atoms with van der Waals surface area (Å²) in [6.07, 6.45) is 0. The van der Waals surface area contributed by atoms with Crippen molar-refractivity contribution in [3.8, 4) is 0 Å². The van der Waals surface area contributed by atoms with E-state index in [2.05, 4.69) is 32.0 Å². The molecule has 1 heterocycles. The minimum absolute atomic E-state index is 0.0399. The quantitative estimate of drug-likeness (QED) is 0.777. The highest BCUT2D eigenvalue weighted by Gasteiger charge is 2.33. The Morgan fingerprint density at radius 2 is 2.17 bits per heavy atom. The SMILES string of the molecule is Cc1ccc(C2SCCN2C(=O)C(Cl)Cl)c(C)c1. The fourth-order valence-corrected chi connectivity index (χ4v) is 3.79. The van der Waals surface area contributed by atoms with Crippen molar-refractivity contribution in [1.82, 2.24) is 4.90 Å². The van der Waals surface area contributed by atoms with Gasteiger partial charge in [-0.25, -0.2) is 0 Å². The summed E-state index contributed by atoms with van der Waals surface area (Å²) >= 11 is 13.1. The lowest BCUT2D eigenvalue weighted by Gasteiger charge is -2.26. The molecule has 0 saturated carbocycles. The van der Waals surface area contributed by atoms with E-state index in [1.54, 1.807) is 16.7 Å². The second-order valence-electron chi connectivity index (χ2n) is 4.42. The first-order valence-corrected chi connectivity index (χ1v) is 7.70. The molecule has 1 aromatic rings. The maximum atomic E-state index is 12.0. The Labute approximate surface area is 122 Å². The van der Waals surface area contributed by atoms with Crippen LogP contribution in [0.5, 0.6) is 0 Å². The van der Waals surface area contributed by atoms with E-state index >= 15 is 0 Å². The Bertz CT molecular complexity index is 464. The van der Waals surface area contributed by atoms with E-state index in [4.69, 9.17) is 23.2 Å². The number of nitrogens with zero attached hydrogens (tertiary/aromatic N) is 1. The van der Waals surface area contributed by atoms with Crippen LogP contribution in [0, 0.1) is 13.8 Å². The number of halogens is 2. The smallest absolute Gasteiger partial charge is 0.257 e. The van der Waals surface area contributed by atoms with Gasteiger partial charge in [0.15, 0.2) is 4.84 Å². The third-order valence-electron chi connectivity index (χ3n) is 3.05. The minimum atomic E-state index is -0.975. The van der Waals surface area contributed by atoms with Crippen molar-refractivity contribution >= 4 is 40.9 Å². The second-order valence-corrected chi connectivity index (χ2v) is 6.70. The maximum Gasteiger partial charge on any atom is 0.257 e. The van der Waals surface area contributed by atoms with Crippen LogP contribution in [0.2, 0.25) is 0 Å². The van der Waals surface area contributed by atoms with Gasteiger partial charge in [0, 0.05) is 12.3 Å². The fraction of sp³-hybridized carbons (Fsp3) is 0.462. The molecule has 0 N–H and O–H groups in total. The molecule has 1 aliphatic heterocycles. The van der Waals surface area contributed by atoms with Crippen LogP contribution in [0.15, 0.2) is 18.2 Å². The van der Waals surface area contributed by atoms with Crippen LogP contribution in [0.25, 0.3) is 0 Å². The zero-order chi connectivity index (χ0) is 13.3. The lowest BCUT2D eigenvalue weighted by atomic mass is 10.1. The average molecular weight is 304 g/mol. The molecule has 0 radical (unpaired) electrons. The van der Waals surface area contributed by atoms with Gasteiger partial charge in [-0.3, -0.25) is 4.79 Å². The first-order chi connectivity index (χ1) is 8.50. The number of benzene rings is 1. The standard InChI is InChI=1S/C13H15Cl2NOS/c1-8-3-4-10(9(2)7-8)13-16(5-6-18-13)12(17)11(14)15/h3-4,7,11,13H,5-6H2,1-2H3. The number of hydrogen-bond donors (Lipinski definition) is 0. The molecule has 2 nitrogen and oxygen atoms in total. The summed E-state index contributed by atoms with van der Waals surface area (Å²) < 4.78 is 0. The van der Waals surface area contributed by atoms with Crippen LogP contribution in [0.3, 0.4) is 0 Å². The summed E-state index contributed by atoms with van der Waals surface area (Å²) in [4.78, 5) is 12.8. The second kappa shape index (κ2) is 5.72. The molecule has 98 valence electrons. The summed E-state index contributed by atoms with van der Waals surface area (Å²) in [6.45, 7) is 4.84. The van der Waals surface area contributed by atoms with E-state index in [-0.39, 0.29) is 11.3 Å². The number of hydrogen-bond acceptors (Lipinski definition) is 2. The monoisotopic (exact) mass is 303 g/mol. The van der Waals surface area contributed by atoms with E-state index in [0.29, 0.717) is 6.54 Å². The molecule has 1 fully saturated rings. The van der Waals surface area contributed by atoms with Crippen LogP contribution in [0.4, 0.5) is 0 Å². The van der Waals surface area contributed by atoms with Crippen molar-refractivity contribution in [2.45, 2.75) is 24.1 Å². The third-order valence-corrected chi connectivity index (χ3v) is 4.67. The molecule has 1 saturated heterocycles. The molecule has 0 aromatic heterocycles. The van der Waals surface area contributed by atoms with Gasteiger partial charge in [-0.15, -0.1) is 11.8 Å². The Balaban J connectivity index is 2.29. The summed E-state index contributed by atoms with van der Waals surface area (Å²) in [7, 11) is 0. The zero-order valence-corrected chi connectivity index (χ0v) is 12.6. The van der Waals surface area contributed by atoms with E-state index < -0.39 is 4.84 Å². The van der Waals surface area contributed by atoms with Crippen LogP contribution in [-0.4, -0.2) is 27.9 Å². The van der Waals surface area contributed by atoms with Crippen molar-refractivity contribution in [3.05, 3.63) is 34.9 Å². The summed E-state index contributed by atoms with van der Waals surface area (Å²) in [5.41, 5.74) is 3.60. The number of alkyl halides is 2. The Kier molecular flexibility index (Phi) is 4.46. The van der Waals surface area contributed by atoms with Crippen molar-refractivity contribution in [1.29, 1.82) is 0 Å². The Morgan fingerprint density at radius 3 is 2.78 bits per heavy atom. The zero-order valence-electron chi connectivity index (χ0n) is 10.3. The number of carbonyl (C=O) groups is 1. The van der Waals surface area contributed by atoms with Gasteiger partial charge in [-0.2, -0.15) is 0 Å².